The highest BCUT2D eigenvalue weighted by atomic mass is 16.6. The van der Waals surface area contributed by atoms with Gasteiger partial charge >= 0.3 is 0 Å². The van der Waals surface area contributed by atoms with Gasteiger partial charge in [0, 0.05) is 16.8 Å². The summed E-state index contributed by atoms with van der Waals surface area (Å²) in [5.74, 6) is 1.06. The first kappa shape index (κ1) is 23.1. The first-order chi connectivity index (χ1) is 18.6. The minimum absolute atomic E-state index is 0.0352. The van der Waals surface area contributed by atoms with Crippen LogP contribution < -0.4 is 11.1 Å². The number of nitrogens with one attached hydrogen (secondary N) is 1. The van der Waals surface area contributed by atoms with Crippen molar-refractivity contribution in [3.63, 3.8) is 0 Å². The molecule has 0 atom stereocenters. The molecule has 38 heavy (non-hydrogen) atoms. The second kappa shape index (κ2) is 9.62. The van der Waals surface area contributed by atoms with Crippen LogP contribution >= 0.6 is 0 Å². The van der Waals surface area contributed by atoms with Crippen molar-refractivity contribution < 1.29 is 13.9 Å². The number of benzene rings is 3. The van der Waals surface area contributed by atoms with E-state index >= 15 is 0 Å². The number of imidazole rings is 1. The van der Waals surface area contributed by atoms with Crippen molar-refractivity contribution in [2.24, 2.45) is 0 Å². The Bertz CT molecular complexity index is 1750. The van der Waals surface area contributed by atoms with E-state index in [4.69, 9.17) is 14.9 Å². The summed E-state index contributed by atoms with van der Waals surface area (Å²) in [7, 11) is 0. The number of hydrogen-bond acceptors (Lipinski definition) is 9. The van der Waals surface area contributed by atoms with Gasteiger partial charge in [0.15, 0.2) is 17.3 Å². The van der Waals surface area contributed by atoms with Crippen LogP contribution in [0.1, 0.15) is 12.5 Å². The molecule has 3 N–H and O–H groups in total. The molecule has 3 aromatic heterocycles. The molecule has 6 aromatic rings. The molecular formula is C27H22N8O3. The minimum atomic E-state index is -0.272. The van der Waals surface area contributed by atoms with E-state index in [2.05, 4.69) is 37.7 Å². The number of nitrogens with zero attached hydrogens (tertiary/aromatic N) is 6. The fourth-order valence-corrected chi connectivity index (χ4v) is 4.19. The smallest absolute Gasteiger partial charge is 0.258 e. The Labute approximate surface area is 216 Å². The van der Waals surface area contributed by atoms with E-state index in [1.165, 1.54) is 5.56 Å². The standard InChI is InChI=1S/C27H22N8O3/c1-2-16-10-12-17(13-11-16)27-31-25(34-37-27)18-6-5-7-19(14-18)29-22(36)15-35-21-9-4-3-8-20(21)30-26(35)23-24(28)33-38-32-23/h3-14H,2,15H2,1H3,(H2,28,33)(H,29,36). The van der Waals surface area contributed by atoms with Gasteiger partial charge in [-0.1, -0.05) is 48.5 Å². The number of para-hydroxylation sites is 2. The summed E-state index contributed by atoms with van der Waals surface area (Å²) in [6.07, 6.45) is 0.956. The number of nitrogen functional groups attached to an aromatic ring is 1. The van der Waals surface area contributed by atoms with Gasteiger partial charge in [-0.05, 0) is 58.7 Å². The fourth-order valence-electron chi connectivity index (χ4n) is 4.19. The van der Waals surface area contributed by atoms with Crippen LogP contribution in [0.15, 0.2) is 81.9 Å². The number of aryl methyl sites for hydroxylation is 1. The third kappa shape index (κ3) is 4.37. The molecule has 0 aliphatic rings. The molecule has 0 unspecified atom stereocenters. The summed E-state index contributed by atoms with van der Waals surface area (Å²) in [5.41, 5.74) is 11.0. The number of fused-ring (bicyclic) bond motifs is 1. The molecule has 0 saturated heterocycles. The van der Waals surface area contributed by atoms with Crippen molar-refractivity contribution in [3.05, 3.63) is 78.4 Å². The Morgan fingerprint density at radius 3 is 2.58 bits per heavy atom. The second-order valence-electron chi connectivity index (χ2n) is 8.61. The van der Waals surface area contributed by atoms with Gasteiger partial charge in [-0.15, -0.1) is 0 Å². The predicted molar refractivity (Wildman–Crippen MR) is 141 cm³/mol. The molecule has 0 fully saturated rings. The highest BCUT2D eigenvalue weighted by Gasteiger charge is 2.21. The average Bonchev–Trinajstić information content (AvgIpc) is 3.68. The van der Waals surface area contributed by atoms with Gasteiger partial charge in [0.25, 0.3) is 5.89 Å². The van der Waals surface area contributed by atoms with Gasteiger partial charge in [0.2, 0.25) is 11.7 Å². The minimum Gasteiger partial charge on any atom is -0.379 e. The molecule has 11 nitrogen and oxygen atoms in total. The molecule has 3 aromatic carbocycles. The zero-order chi connectivity index (χ0) is 26.1. The topological polar surface area (TPSA) is 151 Å². The lowest BCUT2D eigenvalue weighted by Gasteiger charge is -2.09. The SMILES string of the molecule is CCc1ccc(-c2nc(-c3cccc(NC(=O)Cn4c(-c5nonc5N)nc5ccccc54)c3)no2)cc1. The molecule has 1 amide bonds. The van der Waals surface area contributed by atoms with Crippen LogP contribution in [0, 0.1) is 0 Å². The summed E-state index contributed by atoms with van der Waals surface area (Å²) in [6, 6.07) is 22.7. The lowest BCUT2D eigenvalue weighted by atomic mass is 10.1. The van der Waals surface area contributed by atoms with Gasteiger partial charge in [-0.3, -0.25) is 4.79 Å². The summed E-state index contributed by atoms with van der Waals surface area (Å²) >= 11 is 0. The Morgan fingerprint density at radius 2 is 1.79 bits per heavy atom. The van der Waals surface area contributed by atoms with Gasteiger partial charge < -0.3 is 20.1 Å². The average molecular weight is 507 g/mol. The van der Waals surface area contributed by atoms with Crippen molar-refractivity contribution in [2.75, 3.05) is 11.1 Å². The largest absolute Gasteiger partial charge is 0.379 e. The van der Waals surface area contributed by atoms with E-state index in [1.54, 1.807) is 16.7 Å². The number of anilines is 2. The van der Waals surface area contributed by atoms with E-state index < -0.39 is 0 Å². The summed E-state index contributed by atoms with van der Waals surface area (Å²) in [6.45, 7) is 2.07. The summed E-state index contributed by atoms with van der Waals surface area (Å²) in [5, 5.41) is 14.6. The van der Waals surface area contributed by atoms with Gasteiger partial charge in [-0.2, -0.15) is 4.98 Å². The second-order valence-corrected chi connectivity index (χ2v) is 8.61. The summed E-state index contributed by atoms with van der Waals surface area (Å²) in [4.78, 5) is 22.2. The van der Waals surface area contributed by atoms with Crippen LogP contribution in [0.3, 0.4) is 0 Å². The molecule has 0 radical (unpaired) electrons. The molecule has 0 aliphatic carbocycles. The maximum atomic E-state index is 13.1. The van der Waals surface area contributed by atoms with Crippen LogP contribution in [0.5, 0.6) is 0 Å². The number of carbonyl (C=O) groups is 1. The number of nitrogens with two attached hydrogens (primary N) is 1. The molecule has 0 spiro atoms. The lowest BCUT2D eigenvalue weighted by Crippen LogP contribution is -2.19. The number of aromatic nitrogens is 6. The maximum Gasteiger partial charge on any atom is 0.258 e. The number of rotatable bonds is 7. The van der Waals surface area contributed by atoms with E-state index in [9.17, 15) is 4.79 Å². The first-order valence-corrected chi connectivity index (χ1v) is 12.0. The zero-order valence-electron chi connectivity index (χ0n) is 20.3. The van der Waals surface area contributed by atoms with E-state index in [-0.39, 0.29) is 24.0 Å². The summed E-state index contributed by atoms with van der Waals surface area (Å²) < 4.78 is 12.0. The molecule has 0 aliphatic heterocycles. The quantitative estimate of drug-likeness (QED) is 0.317. The van der Waals surface area contributed by atoms with Gasteiger partial charge in [0.1, 0.15) is 6.54 Å². The highest BCUT2D eigenvalue weighted by molar-refractivity contribution is 5.93. The van der Waals surface area contributed by atoms with Crippen molar-refractivity contribution >= 4 is 28.4 Å². The fraction of sp³-hybridized carbons (Fsp3) is 0.111. The predicted octanol–water partition coefficient (Wildman–Crippen LogP) is 4.59. The van der Waals surface area contributed by atoms with E-state index in [0.29, 0.717) is 34.3 Å². The van der Waals surface area contributed by atoms with Crippen LogP contribution in [-0.2, 0) is 17.8 Å². The molecular weight excluding hydrogens is 484 g/mol. The third-order valence-electron chi connectivity index (χ3n) is 6.12. The number of amides is 1. The third-order valence-corrected chi connectivity index (χ3v) is 6.12. The Balaban J connectivity index is 1.23. The van der Waals surface area contributed by atoms with Crippen molar-refractivity contribution in [3.8, 4) is 34.4 Å². The maximum absolute atomic E-state index is 13.1. The van der Waals surface area contributed by atoms with Crippen LogP contribution in [0.25, 0.3) is 45.4 Å². The van der Waals surface area contributed by atoms with Crippen LogP contribution in [0.2, 0.25) is 0 Å². The Kier molecular flexibility index (Phi) is 5.85. The lowest BCUT2D eigenvalue weighted by molar-refractivity contribution is -0.116. The Morgan fingerprint density at radius 1 is 0.947 bits per heavy atom. The zero-order valence-corrected chi connectivity index (χ0v) is 20.3. The van der Waals surface area contributed by atoms with Crippen molar-refractivity contribution in [1.82, 2.24) is 30.0 Å². The number of carbonyl (C=O) groups excluding carboxylic acids is 1. The molecule has 0 bridgehead atoms. The van der Waals surface area contributed by atoms with Gasteiger partial charge in [0.05, 0.1) is 11.0 Å². The van der Waals surface area contributed by atoms with Gasteiger partial charge in [-0.25, -0.2) is 9.61 Å². The van der Waals surface area contributed by atoms with Crippen molar-refractivity contribution in [2.45, 2.75) is 19.9 Å². The van der Waals surface area contributed by atoms with Crippen LogP contribution in [-0.4, -0.2) is 35.9 Å². The number of hydrogen-bond donors (Lipinski definition) is 2. The van der Waals surface area contributed by atoms with Crippen molar-refractivity contribution in [1.29, 1.82) is 0 Å². The Hall–Kier alpha value is -5.32. The molecule has 188 valence electrons. The molecule has 11 heteroatoms. The first-order valence-electron chi connectivity index (χ1n) is 12.0. The van der Waals surface area contributed by atoms with Crippen LogP contribution in [0.4, 0.5) is 11.5 Å². The monoisotopic (exact) mass is 506 g/mol. The van der Waals surface area contributed by atoms with E-state index in [1.807, 2.05) is 60.7 Å². The molecule has 0 saturated carbocycles. The molecule has 6 rings (SSSR count). The molecule has 3 heterocycles. The highest BCUT2D eigenvalue weighted by Crippen LogP contribution is 2.27. The van der Waals surface area contributed by atoms with E-state index in [0.717, 1.165) is 17.5 Å². The normalized spacial score (nSPS) is 11.2.